The van der Waals surface area contributed by atoms with Crippen LogP contribution < -0.4 is 24.8 Å². The summed E-state index contributed by atoms with van der Waals surface area (Å²) >= 11 is 0. The summed E-state index contributed by atoms with van der Waals surface area (Å²) in [5.41, 5.74) is -0.398. The summed E-state index contributed by atoms with van der Waals surface area (Å²) < 4.78 is 30.7. The number of benzene rings is 1. The molecule has 1 saturated heterocycles. The molecular weight excluding hydrogens is 490 g/mol. The first-order valence-corrected chi connectivity index (χ1v) is 11.6. The molecule has 206 valence electrons. The maximum absolute atomic E-state index is 12.9. The van der Waals surface area contributed by atoms with E-state index in [-0.39, 0.29) is 18.5 Å². The lowest BCUT2D eigenvalue weighted by atomic mass is 10.1. The Morgan fingerprint density at radius 2 is 1.65 bits per heavy atom. The quantitative estimate of drug-likeness (QED) is 0.362. The fourth-order valence-electron chi connectivity index (χ4n) is 3.49. The normalized spacial score (nSPS) is 15.2. The summed E-state index contributed by atoms with van der Waals surface area (Å²) in [5.74, 6) is -0.110. The molecule has 0 aliphatic carbocycles. The van der Waals surface area contributed by atoms with Crippen LogP contribution in [0.4, 0.5) is 9.59 Å². The largest absolute Gasteiger partial charge is 0.493 e. The average molecular weight is 526 g/mol. The molecule has 1 aromatic carbocycles. The summed E-state index contributed by atoms with van der Waals surface area (Å²) in [6.45, 7) is 4.64. The van der Waals surface area contributed by atoms with Gasteiger partial charge in [0.1, 0.15) is 12.1 Å². The van der Waals surface area contributed by atoms with Crippen molar-refractivity contribution in [2.45, 2.75) is 45.3 Å². The van der Waals surface area contributed by atoms with E-state index in [1.165, 1.54) is 38.4 Å². The molecule has 1 atom stereocenters. The fraction of sp³-hybridized carbons (Fsp3) is 0.583. The third-order valence-corrected chi connectivity index (χ3v) is 5.12. The van der Waals surface area contributed by atoms with Crippen molar-refractivity contribution in [2.24, 2.45) is 0 Å². The Bertz CT molecular complexity index is 951. The maximum atomic E-state index is 12.9. The SMILES string of the molecule is COc1cc(C(=O)NC2CCCN(C(=O)OCOC(=O)CNC(=O)OC(C)(C)C)C2)cc(OC)c1OC. The van der Waals surface area contributed by atoms with Crippen LogP contribution in [-0.2, 0) is 19.0 Å². The van der Waals surface area contributed by atoms with Gasteiger partial charge in [0.2, 0.25) is 12.5 Å². The summed E-state index contributed by atoms with van der Waals surface area (Å²) in [6.07, 6.45) is -0.172. The second-order valence-electron chi connectivity index (χ2n) is 9.07. The molecule has 0 aromatic heterocycles. The van der Waals surface area contributed by atoms with Gasteiger partial charge in [0, 0.05) is 24.7 Å². The topological polar surface area (TPSA) is 151 Å². The summed E-state index contributed by atoms with van der Waals surface area (Å²) in [5, 5.41) is 5.15. The van der Waals surface area contributed by atoms with Gasteiger partial charge in [-0.2, -0.15) is 0 Å². The number of ether oxygens (including phenoxy) is 6. The number of esters is 1. The number of hydrogen-bond acceptors (Lipinski definition) is 10. The van der Waals surface area contributed by atoms with Crippen LogP contribution >= 0.6 is 0 Å². The molecule has 3 amide bonds. The van der Waals surface area contributed by atoms with Gasteiger partial charge in [0.25, 0.3) is 5.91 Å². The smallest absolute Gasteiger partial charge is 0.412 e. The van der Waals surface area contributed by atoms with E-state index < -0.39 is 37.1 Å². The third kappa shape index (κ3) is 9.24. The van der Waals surface area contributed by atoms with Crippen molar-refractivity contribution >= 4 is 24.1 Å². The Kier molecular flexibility index (Phi) is 10.6. The Labute approximate surface area is 215 Å². The lowest BCUT2D eigenvalue weighted by Crippen LogP contribution is -2.49. The van der Waals surface area contributed by atoms with Crippen LogP contribution in [0.1, 0.15) is 44.0 Å². The van der Waals surface area contributed by atoms with Gasteiger partial charge in [-0.15, -0.1) is 0 Å². The minimum atomic E-state index is -0.798. The van der Waals surface area contributed by atoms with Gasteiger partial charge < -0.3 is 44.0 Å². The minimum Gasteiger partial charge on any atom is -0.493 e. The van der Waals surface area contributed by atoms with E-state index in [9.17, 15) is 19.2 Å². The maximum Gasteiger partial charge on any atom is 0.412 e. The van der Waals surface area contributed by atoms with Crippen LogP contribution in [0, 0.1) is 0 Å². The van der Waals surface area contributed by atoms with Crippen LogP contribution in [-0.4, -0.2) is 88.4 Å². The zero-order valence-corrected chi connectivity index (χ0v) is 22.0. The Balaban J connectivity index is 1.82. The zero-order chi connectivity index (χ0) is 27.6. The molecule has 13 heteroatoms. The molecule has 1 aliphatic heterocycles. The Morgan fingerprint density at radius 1 is 1.00 bits per heavy atom. The number of piperidine rings is 1. The number of amides is 3. The minimum absolute atomic E-state index is 0.211. The van der Waals surface area contributed by atoms with Crippen LogP contribution in [0.25, 0.3) is 0 Å². The molecule has 1 aromatic rings. The molecule has 1 aliphatic rings. The molecule has 0 spiro atoms. The van der Waals surface area contributed by atoms with Gasteiger partial charge in [-0.05, 0) is 45.7 Å². The molecule has 0 bridgehead atoms. The van der Waals surface area contributed by atoms with Crippen LogP contribution in [0.15, 0.2) is 12.1 Å². The van der Waals surface area contributed by atoms with Crippen LogP contribution in [0.2, 0.25) is 0 Å². The molecule has 1 fully saturated rings. The van der Waals surface area contributed by atoms with E-state index in [1.807, 2.05) is 0 Å². The molecule has 13 nitrogen and oxygen atoms in total. The third-order valence-electron chi connectivity index (χ3n) is 5.12. The van der Waals surface area contributed by atoms with Crippen molar-refractivity contribution in [3.63, 3.8) is 0 Å². The first-order chi connectivity index (χ1) is 17.5. The molecule has 2 rings (SSSR count). The summed E-state index contributed by atoms with van der Waals surface area (Å²) in [7, 11) is 4.38. The lowest BCUT2D eigenvalue weighted by molar-refractivity contribution is -0.151. The molecule has 37 heavy (non-hydrogen) atoms. The number of carbonyl (C=O) groups excluding carboxylic acids is 4. The van der Waals surface area contributed by atoms with Crippen LogP contribution in [0.5, 0.6) is 17.2 Å². The standard InChI is InChI=1S/C24H35N3O10/c1-24(2,3)37-22(30)25-12-19(28)35-14-36-23(31)27-9-7-8-16(13-27)26-21(29)15-10-17(32-4)20(34-6)18(11-15)33-5/h10-11,16H,7-9,12-14H2,1-6H3,(H,25,30)(H,26,29). The molecule has 2 N–H and O–H groups in total. The van der Waals surface area contributed by atoms with Crippen molar-refractivity contribution < 1.29 is 47.6 Å². The summed E-state index contributed by atoms with van der Waals surface area (Å²) in [6, 6.07) is 2.75. The highest BCUT2D eigenvalue weighted by Crippen LogP contribution is 2.38. The highest BCUT2D eigenvalue weighted by atomic mass is 16.7. The van der Waals surface area contributed by atoms with E-state index in [4.69, 9.17) is 28.4 Å². The number of carbonyl (C=O) groups is 4. The number of methoxy groups -OCH3 is 3. The van der Waals surface area contributed by atoms with Crippen molar-refractivity contribution in [2.75, 3.05) is 47.8 Å². The van der Waals surface area contributed by atoms with E-state index in [0.717, 1.165) is 0 Å². The average Bonchev–Trinajstić information content (AvgIpc) is 2.85. The van der Waals surface area contributed by atoms with Gasteiger partial charge in [0.05, 0.1) is 21.3 Å². The van der Waals surface area contributed by atoms with Crippen molar-refractivity contribution in [1.82, 2.24) is 15.5 Å². The number of nitrogens with zero attached hydrogens (tertiary/aromatic N) is 1. The first-order valence-electron chi connectivity index (χ1n) is 11.6. The van der Waals surface area contributed by atoms with Crippen LogP contribution in [0.3, 0.4) is 0 Å². The number of rotatable bonds is 9. The second kappa shape index (κ2) is 13.4. The predicted molar refractivity (Wildman–Crippen MR) is 130 cm³/mol. The van der Waals surface area contributed by atoms with E-state index in [2.05, 4.69) is 10.6 Å². The first kappa shape index (κ1) is 29.3. The monoisotopic (exact) mass is 525 g/mol. The number of hydrogen-bond donors (Lipinski definition) is 2. The highest BCUT2D eigenvalue weighted by molar-refractivity contribution is 5.96. The summed E-state index contributed by atoms with van der Waals surface area (Å²) in [4.78, 5) is 50.0. The van der Waals surface area contributed by atoms with Gasteiger partial charge in [-0.25, -0.2) is 9.59 Å². The molecule has 0 saturated carbocycles. The van der Waals surface area contributed by atoms with Gasteiger partial charge in [0.15, 0.2) is 11.5 Å². The molecule has 1 unspecified atom stereocenters. The number of nitrogens with one attached hydrogen (secondary N) is 2. The number of alkyl carbamates (subject to hydrolysis) is 1. The van der Waals surface area contributed by atoms with Gasteiger partial charge >= 0.3 is 18.2 Å². The highest BCUT2D eigenvalue weighted by Gasteiger charge is 2.27. The Morgan fingerprint density at radius 3 is 2.22 bits per heavy atom. The lowest BCUT2D eigenvalue weighted by Gasteiger charge is -2.32. The Hall–Kier alpha value is -3.90. The predicted octanol–water partition coefficient (Wildman–Crippen LogP) is 2.07. The van der Waals surface area contributed by atoms with E-state index in [1.54, 1.807) is 20.8 Å². The van der Waals surface area contributed by atoms with E-state index >= 15 is 0 Å². The van der Waals surface area contributed by atoms with Gasteiger partial charge in [-0.1, -0.05) is 0 Å². The van der Waals surface area contributed by atoms with E-state index in [0.29, 0.717) is 42.2 Å². The zero-order valence-electron chi connectivity index (χ0n) is 22.0. The number of likely N-dealkylation sites (tertiary alicyclic amines) is 1. The van der Waals surface area contributed by atoms with Gasteiger partial charge in [-0.3, -0.25) is 9.59 Å². The van der Waals surface area contributed by atoms with Crippen molar-refractivity contribution in [1.29, 1.82) is 0 Å². The molecule has 1 heterocycles. The fourth-order valence-corrected chi connectivity index (χ4v) is 3.49. The van der Waals surface area contributed by atoms with Crippen molar-refractivity contribution in [3.8, 4) is 17.2 Å². The molecule has 0 radical (unpaired) electrons. The molecular formula is C24H35N3O10. The van der Waals surface area contributed by atoms with Crippen molar-refractivity contribution in [3.05, 3.63) is 17.7 Å². The second-order valence-corrected chi connectivity index (χ2v) is 9.07.